The van der Waals surface area contributed by atoms with Gasteiger partial charge in [-0.3, -0.25) is 0 Å². The fourth-order valence-corrected chi connectivity index (χ4v) is 2.68. The van der Waals surface area contributed by atoms with Crippen molar-refractivity contribution in [1.29, 1.82) is 5.26 Å². The second kappa shape index (κ2) is 7.03. The number of nitriles is 1. The lowest BCUT2D eigenvalue weighted by molar-refractivity contribution is 0.312. The number of hydrogen-bond donors (Lipinski definition) is 1. The Morgan fingerprint density at radius 2 is 1.88 bits per heavy atom. The van der Waals surface area contributed by atoms with Crippen LogP contribution in [0.4, 0.5) is 5.69 Å². The van der Waals surface area contributed by atoms with Gasteiger partial charge in [0.15, 0.2) is 0 Å². The topological polar surface area (TPSA) is 52.0 Å². The summed E-state index contributed by atoms with van der Waals surface area (Å²) < 4.78 is 5.31. The summed E-state index contributed by atoms with van der Waals surface area (Å²) in [5.74, 6) is 7.00. The van der Waals surface area contributed by atoms with Crippen LogP contribution in [0.25, 0.3) is 12.2 Å². The Kier molecular flexibility index (Phi) is 4.64. The maximum atomic E-state index is 9.55. The molecule has 4 nitrogen and oxygen atoms in total. The molecule has 4 heteroatoms. The maximum absolute atomic E-state index is 9.55. The number of rotatable bonds is 2. The molecule has 0 spiro atoms. The van der Waals surface area contributed by atoms with E-state index in [1.165, 1.54) is 0 Å². The van der Waals surface area contributed by atoms with Gasteiger partial charge in [-0.25, -0.2) is 0 Å². The molecule has 1 aromatic heterocycles. The second-order valence-electron chi connectivity index (χ2n) is 5.90. The molecule has 1 N–H and O–H groups in total. The zero-order chi connectivity index (χ0) is 17.8. The number of anilines is 1. The highest BCUT2D eigenvalue weighted by Gasteiger charge is 2.08. The van der Waals surface area contributed by atoms with E-state index in [4.69, 9.17) is 4.74 Å². The number of allylic oxidation sites excluding steroid dienone is 2. The summed E-state index contributed by atoms with van der Waals surface area (Å²) in [4.78, 5) is 5.29. The van der Waals surface area contributed by atoms with Crippen molar-refractivity contribution in [3.63, 3.8) is 0 Å². The smallest absolute Gasteiger partial charge is 0.117 e. The summed E-state index contributed by atoms with van der Waals surface area (Å²) in [6, 6.07) is 10.3. The minimum Gasteiger partial charge on any atom is -0.497 e. The van der Waals surface area contributed by atoms with Crippen molar-refractivity contribution in [2.75, 3.05) is 26.1 Å². The van der Waals surface area contributed by atoms with Crippen LogP contribution in [-0.2, 0) is 4.74 Å². The van der Waals surface area contributed by atoms with Crippen LogP contribution in [0.3, 0.4) is 0 Å². The molecule has 3 rings (SSSR count). The molecule has 1 aromatic carbocycles. The summed E-state index contributed by atoms with van der Waals surface area (Å²) in [7, 11) is 5.64. The van der Waals surface area contributed by atoms with Gasteiger partial charge in [-0.15, -0.1) is 0 Å². The fraction of sp³-hybridized carbons (Fsp3) is 0.190. The molecule has 0 aliphatic heterocycles. The molecule has 0 bridgehead atoms. The van der Waals surface area contributed by atoms with E-state index in [0.29, 0.717) is 11.3 Å². The molecule has 0 atom stereocenters. The highest BCUT2D eigenvalue weighted by molar-refractivity contribution is 5.57. The fourth-order valence-electron chi connectivity index (χ4n) is 2.68. The van der Waals surface area contributed by atoms with E-state index in [1.807, 2.05) is 61.5 Å². The molecule has 0 amide bonds. The standard InChI is InChI=1S/C21H19N3O/c1-24(2)16-10-7-15(8-11-16)9-12-20-19(14-22)18-6-4-5-17(25-3)13-21(18)23-20/h5-8,10-11,13,23H,4H2,1-3H3. The average molecular weight is 329 g/mol. The van der Waals surface area contributed by atoms with Crippen LogP contribution in [0.1, 0.15) is 23.2 Å². The summed E-state index contributed by atoms with van der Waals surface area (Å²) in [5, 5.41) is 11.3. The van der Waals surface area contributed by atoms with Crippen LogP contribution in [0.2, 0.25) is 0 Å². The van der Waals surface area contributed by atoms with Crippen molar-refractivity contribution in [3.8, 4) is 17.9 Å². The van der Waals surface area contributed by atoms with Crippen LogP contribution in [0.15, 0.2) is 36.1 Å². The van der Waals surface area contributed by atoms with Crippen molar-refractivity contribution < 1.29 is 4.74 Å². The van der Waals surface area contributed by atoms with Gasteiger partial charge in [0.05, 0.1) is 18.0 Å². The van der Waals surface area contributed by atoms with Crippen LogP contribution in [0, 0.1) is 23.2 Å². The molecule has 1 aliphatic carbocycles. The van der Waals surface area contributed by atoms with Gasteiger partial charge in [-0.05, 0) is 42.7 Å². The van der Waals surface area contributed by atoms with Gasteiger partial charge < -0.3 is 14.6 Å². The maximum Gasteiger partial charge on any atom is 0.117 e. The van der Waals surface area contributed by atoms with Gasteiger partial charge in [-0.1, -0.05) is 12.0 Å². The van der Waals surface area contributed by atoms with Gasteiger partial charge in [-0.2, -0.15) is 5.26 Å². The molecular formula is C21H19N3O. The highest BCUT2D eigenvalue weighted by Crippen LogP contribution is 2.11. The number of benzene rings is 1. The number of nitrogens with zero attached hydrogens (tertiary/aromatic N) is 2. The quantitative estimate of drug-likeness (QED) is 0.856. The zero-order valence-electron chi connectivity index (χ0n) is 14.6. The number of ether oxygens (including phenoxy) is 1. The number of aromatic nitrogens is 1. The van der Waals surface area contributed by atoms with Crippen LogP contribution in [-0.4, -0.2) is 26.2 Å². The molecule has 0 saturated heterocycles. The van der Waals surface area contributed by atoms with E-state index in [0.717, 1.165) is 34.0 Å². The van der Waals surface area contributed by atoms with Crippen LogP contribution < -0.4 is 15.5 Å². The van der Waals surface area contributed by atoms with E-state index in [2.05, 4.69) is 22.9 Å². The number of H-pyrrole nitrogens is 1. The van der Waals surface area contributed by atoms with Crippen molar-refractivity contribution in [2.24, 2.45) is 0 Å². The highest BCUT2D eigenvalue weighted by atomic mass is 16.5. The van der Waals surface area contributed by atoms with Gasteiger partial charge >= 0.3 is 0 Å². The summed E-state index contributed by atoms with van der Waals surface area (Å²) in [5.41, 5.74) is 3.24. The Bertz CT molecular complexity index is 1040. The van der Waals surface area contributed by atoms with Gasteiger partial charge in [0, 0.05) is 36.6 Å². The zero-order valence-corrected chi connectivity index (χ0v) is 14.6. The predicted octanol–water partition coefficient (Wildman–Crippen LogP) is 1.85. The van der Waals surface area contributed by atoms with Crippen molar-refractivity contribution in [3.05, 3.63) is 63.5 Å². The van der Waals surface area contributed by atoms with E-state index >= 15 is 0 Å². The first-order valence-electron chi connectivity index (χ1n) is 8.00. The number of nitrogens with one attached hydrogen (secondary N) is 1. The molecular weight excluding hydrogens is 310 g/mol. The molecule has 0 saturated carbocycles. The molecule has 25 heavy (non-hydrogen) atoms. The van der Waals surface area contributed by atoms with E-state index in [9.17, 15) is 5.26 Å². The lowest BCUT2D eigenvalue weighted by atomic mass is 10.1. The van der Waals surface area contributed by atoms with Gasteiger partial charge in [0.1, 0.15) is 17.5 Å². The lowest BCUT2D eigenvalue weighted by Crippen LogP contribution is -2.23. The van der Waals surface area contributed by atoms with Crippen molar-refractivity contribution >= 4 is 17.8 Å². The molecule has 124 valence electrons. The lowest BCUT2D eigenvalue weighted by Gasteiger charge is -2.11. The molecule has 2 aromatic rings. The third-order valence-corrected chi connectivity index (χ3v) is 4.06. The molecule has 1 heterocycles. The monoisotopic (exact) mass is 329 g/mol. The largest absolute Gasteiger partial charge is 0.497 e. The number of aromatic amines is 1. The van der Waals surface area contributed by atoms with Crippen LogP contribution in [0.5, 0.6) is 0 Å². The Labute approximate surface area is 147 Å². The minimum absolute atomic E-state index is 0.578. The molecule has 1 aliphatic rings. The van der Waals surface area contributed by atoms with Gasteiger partial charge in [0.2, 0.25) is 0 Å². The second-order valence-corrected chi connectivity index (χ2v) is 5.90. The molecule has 0 fully saturated rings. The van der Waals surface area contributed by atoms with Crippen molar-refractivity contribution in [2.45, 2.75) is 6.42 Å². The van der Waals surface area contributed by atoms with Crippen molar-refractivity contribution in [1.82, 2.24) is 4.98 Å². The Hall–Kier alpha value is -3.37. The first-order valence-corrected chi connectivity index (χ1v) is 8.00. The van der Waals surface area contributed by atoms with E-state index < -0.39 is 0 Å². The summed E-state index contributed by atoms with van der Waals surface area (Å²) >= 11 is 0. The third kappa shape index (κ3) is 3.44. The first kappa shape index (κ1) is 16.5. The first-order chi connectivity index (χ1) is 12.1. The molecule has 0 radical (unpaired) electrons. The number of methoxy groups -OCH3 is 1. The SMILES string of the molecule is COC1=CCC=c2c(C#N)c(C#Cc3ccc(N(C)C)cc3)[nH]c2=C1. The third-order valence-electron chi connectivity index (χ3n) is 4.06. The Balaban J connectivity index is 2.02. The predicted molar refractivity (Wildman–Crippen MR) is 100 cm³/mol. The number of fused-ring (bicyclic) bond motifs is 1. The van der Waals surface area contributed by atoms with E-state index in [-0.39, 0.29) is 0 Å². The summed E-state index contributed by atoms with van der Waals surface area (Å²) in [6.07, 6.45) is 6.62. The average Bonchev–Trinajstić information content (AvgIpc) is 2.82. The van der Waals surface area contributed by atoms with Crippen LogP contribution >= 0.6 is 0 Å². The number of hydrogen-bond acceptors (Lipinski definition) is 3. The van der Waals surface area contributed by atoms with E-state index in [1.54, 1.807) is 7.11 Å². The normalized spacial score (nSPS) is 12.2. The Morgan fingerprint density at radius 3 is 2.52 bits per heavy atom. The minimum atomic E-state index is 0.578. The molecule has 0 unspecified atom stereocenters. The van der Waals surface area contributed by atoms with Gasteiger partial charge in [0.25, 0.3) is 0 Å². The summed E-state index contributed by atoms with van der Waals surface area (Å²) in [6.45, 7) is 0. The Morgan fingerprint density at radius 1 is 1.12 bits per heavy atom.